The van der Waals surface area contributed by atoms with Gasteiger partial charge in [-0.05, 0) is 100 Å². The summed E-state index contributed by atoms with van der Waals surface area (Å²) in [5.74, 6) is -3.46. The summed E-state index contributed by atoms with van der Waals surface area (Å²) in [5.41, 5.74) is 8.82. The van der Waals surface area contributed by atoms with E-state index in [1.165, 1.54) is 6.20 Å². The Balaban J connectivity index is 0.000000378. The standard InChI is InChI=1S/C42H45N2O.C12H10N.Ir/c1-24(2)30-18-19-31(29-14-11-10-12-15-29)39(27(7)8)40(30)36-21-20-33-32-16-13-17-34(41(32)45-42(33)44-36)37-22-28(9)35(23-43-37)38(25(3)4)26(5)6;1-10-7-8-12(13-9-10)11-5-3-2-4-6-11;/h10-16,18-27,38H,1-9H3;2-5,7-9H,1H3;/q2*-1;/i9D3,24D,27D,38D;1D3;. The van der Waals surface area contributed by atoms with Crippen LogP contribution in [0.5, 0.6) is 0 Å². The number of aryl methyl sites for hydroxylation is 2. The van der Waals surface area contributed by atoms with Gasteiger partial charge in [-0.1, -0.05) is 133 Å². The first kappa shape index (κ1) is 32.6. The van der Waals surface area contributed by atoms with Crippen LogP contribution in [0, 0.1) is 37.7 Å². The molecule has 0 bridgehead atoms. The molecule has 303 valence electrons. The van der Waals surface area contributed by atoms with Crippen LogP contribution < -0.4 is 0 Å². The van der Waals surface area contributed by atoms with Crippen LogP contribution in [-0.4, -0.2) is 15.0 Å². The van der Waals surface area contributed by atoms with E-state index in [9.17, 15) is 2.74 Å². The van der Waals surface area contributed by atoms with Gasteiger partial charge in [-0.2, -0.15) is 0 Å². The second-order valence-corrected chi connectivity index (χ2v) is 15.6. The zero-order valence-electron chi connectivity index (χ0n) is 43.8. The first-order valence-electron chi connectivity index (χ1n) is 24.2. The minimum Gasteiger partial charge on any atom is -0.486 e. The van der Waals surface area contributed by atoms with Crippen LogP contribution in [0.25, 0.3) is 67.0 Å². The summed E-state index contributed by atoms with van der Waals surface area (Å²) < 4.78 is 81.3. The molecule has 5 heteroatoms. The van der Waals surface area contributed by atoms with Gasteiger partial charge < -0.3 is 14.4 Å². The molecule has 0 unspecified atom stereocenters. The maximum Gasteiger partial charge on any atom is 0.216 e. The van der Waals surface area contributed by atoms with Gasteiger partial charge in [0.05, 0.1) is 11.3 Å². The molecule has 0 aliphatic heterocycles. The number of aromatic nitrogens is 3. The number of benzene rings is 4. The summed E-state index contributed by atoms with van der Waals surface area (Å²) >= 11 is 0. The van der Waals surface area contributed by atoms with Crippen LogP contribution in [0.4, 0.5) is 0 Å². The molecule has 0 saturated carbocycles. The van der Waals surface area contributed by atoms with E-state index in [2.05, 4.69) is 17.1 Å². The number of rotatable bonds is 9. The third-order valence-electron chi connectivity index (χ3n) is 10.3. The summed E-state index contributed by atoms with van der Waals surface area (Å²) in [6.45, 7) is 10.6. The Morgan fingerprint density at radius 3 is 2.03 bits per heavy atom. The molecule has 0 spiro atoms. The van der Waals surface area contributed by atoms with Crippen molar-refractivity contribution < 1.29 is 36.9 Å². The van der Waals surface area contributed by atoms with Crippen molar-refractivity contribution in [1.82, 2.24) is 15.0 Å². The molecule has 0 saturated heterocycles. The third kappa shape index (κ3) is 9.18. The number of hydrogen-bond donors (Lipinski definition) is 0. The molecule has 0 fully saturated rings. The van der Waals surface area contributed by atoms with E-state index in [4.69, 9.17) is 24.0 Å². The predicted molar refractivity (Wildman–Crippen MR) is 243 cm³/mol. The fourth-order valence-corrected chi connectivity index (χ4v) is 7.83. The van der Waals surface area contributed by atoms with E-state index in [0.29, 0.717) is 33.8 Å². The molecular formula is C54H55IrN3O-2. The average molecular weight is 963 g/mol. The van der Waals surface area contributed by atoms with Crippen molar-refractivity contribution in [1.29, 1.82) is 0 Å². The molecule has 0 amide bonds. The van der Waals surface area contributed by atoms with Gasteiger partial charge in [-0.15, -0.1) is 54.1 Å². The van der Waals surface area contributed by atoms with Crippen molar-refractivity contribution in [2.75, 3.05) is 0 Å². The number of nitrogens with zero attached hydrogens (tertiary/aromatic N) is 3. The second-order valence-electron chi connectivity index (χ2n) is 15.6. The van der Waals surface area contributed by atoms with Crippen molar-refractivity contribution in [3.8, 4) is 44.9 Å². The third-order valence-corrected chi connectivity index (χ3v) is 10.3. The second kappa shape index (κ2) is 18.8. The first-order valence-corrected chi connectivity index (χ1v) is 19.7. The van der Waals surface area contributed by atoms with Crippen molar-refractivity contribution in [3.05, 3.63) is 162 Å². The van der Waals surface area contributed by atoms with Gasteiger partial charge in [0.2, 0.25) is 5.71 Å². The number of furan rings is 1. The predicted octanol–water partition coefficient (Wildman–Crippen LogP) is 15.0. The van der Waals surface area contributed by atoms with Gasteiger partial charge in [-0.3, -0.25) is 0 Å². The zero-order chi connectivity index (χ0) is 48.9. The fraction of sp³-hybridized carbons (Fsp3) is 0.278. The summed E-state index contributed by atoms with van der Waals surface area (Å²) in [7, 11) is 0. The van der Waals surface area contributed by atoms with Crippen LogP contribution in [0.1, 0.15) is 113 Å². The summed E-state index contributed by atoms with van der Waals surface area (Å²) in [6, 6.07) is 40.1. The number of hydrogen-bond acceptors (Lipinski definition) is 4. The van der Waals surface area contributed by atoms with Crippen molar-refractivity contribution in [2.45, 2.75) is 86.8 Å². The van der Waals surface area contributed by atoms with Crippen LogP contribution in [0.3, 0.4) is 0 Å². The van der Waals surface area contributed by atoms with E-state index in [1.54, 1.807) is 36.5 Å². The Morgan fingerprint density at radius 1 is 0.644 bits per heavy atom. The normalized spacial score (nSPS) is 14.7. The molecule has 4 aromatic carbocycles. The van der Waals surface area contributed by atoms with E-state index in [1.807, 2.05) is 134 Å². The molecular weight excluding hydrogens is 899 g/mol. The fourth-order valence-electron chi connectivity index (χ4n) is 7.83. The minimum atomic E-state index is -2.47. The molecule has 4 nitrogen and oxygen atoms in total. The Hall–Kier alpha value is -5.22. The van der Waals surface area contributed by atoms with Gasteiger partial charge in [0.25, 0.3) is 0 Å². The SMILES string of the molecule is [2H]C([2H])([2H])c1cc(-c2[c-]ccc3c2oc2nc(-c4c(C([2H])(C)C)ccc(-c5ccccc5)c4C([2H])(C)C)ccc23)ncc1C([2H])(C(C)C)C(C)C.[2H]C([2H])([2H])c1ccc(-c2[c-]cccc2)nc1.[Ir]. The molecule has 0 aliphatic carbocycles. The van der Waals surface area contributed by atoms with E-state index in [0.717, 1.165) is 49.8 Å². The maximum absolute atomic E-state index is 9.38. The molecule has 1 radical (unpaired) electrons. The van der Waals surface area contributed by atoms with E-state index >= 15 is 0 Å². The molecule has 8 aromatic rings. The van der Waals surface area contributed by atoms with Gasteiger partial charge in [0.1, 0.15) is 0 Å². The molecule has 4 aromatic heterocycles. The summed E-state index contributed by atoms with van der Waals surface area (Å²) in [5, 5.41) is 1.54. The maximum atomic E-state index is 9.38. The Bertz CT molecular complexity index is 3020. The molecule has 0 N–H and O–H groups in total. The summed E-state index contributed by atoms with van der Waals surface area (Å²) in [4.78, 5) is 13.9. The topological polar surface area (TPSA) is 51.8 Å². The van der Waals surface area contributed by atoms with Crippen molar-refractivity contribution in [3.63, 3.8) is 0 Å². The Morgan fingerprint density at radius 2 is 1.39 bits per heavy atom. The molecule has 4 heterocycles. The average Bonchev–Trinajstić information content (AvgIpc) is 3.66. The smallest absolute Gasteiger partial charge is 0.216 e. The van der Waals surface area contributed by atoms with Gasteiger partial charge >= 0.3 is 0 Å². The van der Waals surface area contributed by atoms with Gasteiger partial charge in [-0.25, -0.2) is 4.98 Å². The molecule has 59 heavy (non-hydrogen) atoms. The monoisotopic (exact) mass is 963 g/mol. The molecule has 8 rings (SSSR count). The molecule has 0 aliphatic rings. The summed E-state index contributed by atoms with van der Waals surface area (Å²) in [6.07, 6.45) is 2.94. The van der Waals surface area contributed by atoms with Crippen molar-refractivity contribution >= 4 is 22.1 Å². The van der Waals surface area contributed by atoms with E-state index < -0.39 is 31.4 Å². The van der Waals surface area contributed by atoms with Gasteiger partial charge in [0, 0.05) is 55.8 Å². The number of pyridine rings is 3. The number of fused-ring (bicyclic) bond motifs is 3. The van der Waals surface area contributed by atoms with Crippen LogP contribution in [0.15, 0.2) is 126 Å². The first-order chi connectivity index (χ1) is 31.3. The largest absolute Gasteiger partial charge is 0.486 e. The zero-order valence-corrected chi connectivity index (χ0v) is 37.2. The van der Waals surface area contributed by atoms with Gasteiger partial charge in [0.15, 0.2) is 0 Å². The molecule has 0 atom stereocenters. The minimum absolute atomic E-state index is 0. The van der Waals surface area contributed by atoms with Crippen LogP contribution >= 0.6 is 0 Å². The van der Waals surface area contributed by atoms with Crippen LogP contribution in [-0.2, 0) is 20.1 Å². The quantitative estimate of drug-likeness (QED) is 0.135. The van der Waals surface area contributed by atoms with E-state index in [-0.39, 0.29) is 43.1 Å². The van der Waals surface area contributed by atoms with Crippen LogP contribution in [0.2, 0.25) is 0 Å². The Kier molecular flexibility index (Phi) is 10.4. The Labute approximate surface area is 377 Å². The van der Waals surface area contributed by atoms with Crippen molar-refractivity contribution in [2.24, 2.45) is 11.8 Å².